The van der Waals surface area contributed by atoms with E-state index in [-0.39, 0.29) is 0 Å². The molecule has 4 heteroatoms. The summed E-state index contributed by atoms with van der Waals surface area (Å²) in [6.07, 6.45) is 4.64. The Morgan fingerprint density at radius 1 is 1.50 bits per heavy atom. The smallest absolute Gasteiger partial charge is 0.218 e. The molecule has 0 atom stereocenters. The molecule has 14 heavy (non-hydrogen) atoms. The second-order valence-electron chi connectivity index (χ2n) is 3.57. The normalized spacial score (nSPS) is 16.4. The largest absolute Gasteiger partial charge is 0.474 e. The Labute approximate surface area is 83.5 Å². The second-order valence-corrected chi connectivity index (χ2v) is 3.57. The number of hydrogen-bond acceptors (Lipinski definition) is 4. The van der Waals surface area contributed by atoms with Crippen molar-refractivity contribution in [1.29, 1.82) is 0 Å². The predicted octanol–water partition coefficient (Wildman–Crippen LogP) is 1.55. The van der Waals surface area contributed by atoms with Crippen LogP contribution in [0.15, 0.2) is 6.07 Å². The first-order valence-corrected chi connectivity index (χ1v) is 5.08. The lowest BCUT2D eigenvalue weighted by Crippen LogP contribution is -2.25. The first kappa shape index (κ1) is 9.24. The van der Waals surface area contributed by atoms with Crippen LogP contribution in [0, 0.1) is 0 Å². The molecule has 0 amide bonds. The molecule has 0 aliphatic heterocycles. The Morgan fingerprint density at radius 2 is 2.29 bits per heavy atom. The average Bonchev–Trinajstić information content (AvgIpc) is 2.10. The minimum absolute atomic E-state index is 0.342. The van der Waals surface area contributed by atoms with Gasteiger partial charge in [-0.05, 0) is 19.3 Å². The summed E-state index contributed by atoms with van der Waals surface area (Å²) < 4.78 is 5.64. The van der Waals surface area contributed by atoms with Gasteiger partial charge < -0.3 is 10.5 Å². The van der Waals surface area contributed by atoms with Crippen LogP contribution in [-0.4, -0.2) is 16.1 Å². The van der Waals surface area contributed by atoms with E-state index in [0.29, 0.717) is 17.8 Å². The number of nitrogens with two attached hydrogens (primary N) is 1. The molecule has 1 heterocycles. The van der Waals surface area contributed by atoms with Gasteiger partial charge in [-0.15, -0.1) is 0 Å². The lowest BCUT2D eigenvalue weighted by Gasteiger charge is -2.25. The van der Waals surface area contributed by atoms with E-state index >= 15 is 0 Å². The van der Waals surface area contributed by atoms with Crippen LogP contribution in [0.3, 0.4) is 0 Å². The molecule has 1 saturated carbocycles. The molecule has 1 aromatic heterocycles. The Kier molecular flexibility index (Phi) is 2.52. The zero-order chi connectivity index (χ0) is 9.97. The zero-order valence-corrected chi connectivity index (χ0v) is 8.36. The molecule has 1 aromatic rings. The van der Waals surface area contributed by atoms with Gasteiger partial charge in [0, 0.05) is 12.5 Å². The van der Waals surface area contributed by atoms with Gasteiger partial charge in [-0.25, -0.2) is 4.98 Å². The number of hydrogen-bond donors (Lipinski definition) is 1. The third kappa shape index (κ3) is 1.95. The van der Waals surface area contributed by atoms with E-state index in [4.69, 9.17) is 10.5 Å². The van der Waals surface area contributed by atoms with Crippen LogP contribution in [0.4, 0.5) is 5.82 Å². The van der Waals surface area contributed by atoms with Gasteiger partial charge >= 0.3 is 0 Å². The van der Waals surface area contributed by atoms with Crippen LogP contribution in [-0.2, 0) is 6.42 Å². The summed E-state index contributed by atoms with van der Waals surface area (Å²) in [5.74, 6) is 1.87. The Morgan fingerprint density at radius 3 is 2.86 bits per heavy atom. The van der Waals surface area contributed by atoms with Crippen molar-refractivity contribution in [3.8, 4) is 5.88 Å². The lowest BCUT2D eigenvalue weighted by atomic mass is 9.96. The summed E-state index contributed by atoms with van der Waals surface area (Å²) in [6.45, 7) is 2.00. The summed E-state index contributed by atoms with van der Waals surface area (Å²) in [4.78, 5) is 8.35. The summed E-state index contributed by atoms with van der Waals surface area (Å²) in [6, 6.07) is 1.69. The van der Waals surface area contributed by atoms with Crippen molar-refractivity contribution in [2.45, 2.75) is 38.7 Å². The number of nitrogen functional groups attached to an aromatic ring is 1. The van der Waals surface area contributed by atoms with Gasteiger partial charge in [0.05, 0.1) is 0 Å². The molecule has 1 fully saturated rings. The predicted molar refractivity (Wildman–Crippen MR) is 54.1 cm³/mol. The first-order chi connectivity index (χ1) is 6.78. The first-order valence-electron chi connectivity index (χ1n) is 5.08. The van der Waals surface area contributed by atoms with Gasteiger partial charge in [-0.1, -0.05) is 6.92 Å². The summed E-state index contributed by atoms with van der Waals surface area (Å²) >= 11 is 0. The maximum absolute atomic E-state index is 5.64. The summed E-state index contributed by atoms with van der Waals surface area (Å²) in [5.41, 5.74) is 5.64. The molecule has 0 bridgehead atoms. The van der Waals surface area contributed by atoms with E-state index in [1.165, 1.54) is 6.42 Å². The van der Waals surface area contributed by atoms with Crippen LogP contribution >= 0.6 is 0 Å². The molecule has 2 rings (SSSR count). The highest BCUT2D eigenvalue weighted by Crippen LogP contribution is 2.24. The van der Waals surface area contributed by atoms with E-state index in [1.807, 2.05) is 6.92 Å². The fourth-order valence-electron chi connectivity index (χ4n) is 1.37. The highest BCUT2D eigenvalue weighted by molar-refractivity contribution is 5.33. The fourth-order valence-corrected chi connectivity index (χ4v) is 1.37. The van der Waals surface area contributed by atoms with Gasteiger partial charge in [0.25, 0.3) is 0 Å². The molecule has 4 nitrogen and oxygen atoms in total. The maximum Gasteiger partial charge on any atom is 0.218 e. The Hall–Kier alpha value is -1.32. The molecule has 0 aromatic carbocycles. The monoisotopic (exact) mass is 193 g/mol. The minimum Gasteiger partial charge on any atom is -0.474 e. The molecular weight excluding hydrogens is 178 g/mol. The molecule has 1 aliphatic carbocycles. The maximum atomic E-state index is 5.64. The van der Waals surface area contributed by atoms with Crippen LogP contribution < -0.4 is 10.5 Å². The molecule has 0 unspecified atom stereocenters. The molecule has 2 N–H and O–H groups in total. The van der Waals surface area contributed by atoms with Crippen LogP contribution in [0.25, 0.3) is 0 Å². The quantitative estimate of drug-likeness (QED) is 0.791. The molecule has 0 spiro atoms. The van der Waals surface area contributed by atoms with Crippen molar-refractivity contribution in [3.05, 3.63) is 11.9 Å². The summed E-state index contributed by atoms with van der Waals surface area (Å²) in [5, 5.41) is 0. The minimum atomic E-state index is 0.342. The van der Waals surface area contributed by atoms with Gasteiger partial charge in [0.2, 0.25) is 5.88 Å². The van der Waals surface area contributed by atoms with Crippen LogP contribution in [0.1, 0.15) is 32.0 Å². The van der Waals surface area contributed by atoms with Crippen molar-refractivity contribution in [1.82, 2.24) is 9.97 Å². The average molecular weight is 193 g/mol. The number of rotatable bonds is 3. The Balaban J connectivity index is 2.11. The number of nitrogens with zero attached hydrogens (tertiary/aromatic N) is 2. The van der Waals surface area contributed by atoms with E-state index in [2.05, 4.69) is 9.97 Å². The highest BCUT2D eigenvalue weighted by atomic mass is 16.5. The fraction of sp³-hybridized carbons (Fsp3) is 0.600. The molecule has 0 radical (unpaired) electrons. The third-order valence-electron chi connectivity index (χ3n) is 2.42. The van der Waals surface area contributed by atoms with E-state index in [0.717, 1.165) is 25.1 Å². The van der Waals surface area contributed by atoms with E-state index in [1.54, 1.807) is 6.07 Å². The van der Waals surface area contributed by atoms with Crippen LogP contribution in [0.5, 0.6) is 5.88 Å². The molecule has 0 saturated heterocycles. The van der Waals surface area contributed by atoms with Gasteiger partial charge in [0.1, 0.15) is 17.7 Å². The van der Waals surface area contributed by atoms with E-state index < -0.39 is 0 Å². The summed E-state index contributed by atoms with van der Waals surface area (Å²) in [7, 11) is 0. The van der Waals surface area contributed by atoms with Crippen molar-refractivity contribution in [2.24, 2.45) is 0 Å². The lowest BCUT2D eigenvalue weighted by molar-refractivity contribution is 0.114. The number of ether oxygens (including phenoxy) is 1. The van der Waals surface area contributed by atoms with Gasteiger partial charge in [-0.3, -0.25) is 0 Å². The van der Waals surface area contributed by atoms with Gasteiger partial charge in [0.15, 0.2) is 0 Å². The van der Waals surface area contributed by atoms with Crippen LogP contribution in [0.2, 0.25) is 0 Å². The van der Waals surface area contributed by atoms with Crippen molar-refractivity contribution in [2.75, 3.05) is 5.73 Å². The van der Waals surface area contributed by atoms with Crippen molar-refractivity contribution in [3.63, 3.8) is 0 Å². The highest BCUT2D eigenvalue weighted by Gasteiger charge is 2.19. The second kappa shape index (κ2) is 3.82. The van der Waals surface area contributed by atoms with Gasteiger partial charge in [-0.2, -0.15) is 4.98 Å². The van der Waals surface area contributed by atoms with Crippen molar-refractivity contribution < 1.29 is 4.74 Å². The number of anilines is 1. The third-order valence-corrected chi connectivity index (χ3v) is 2.42. The topological polar surface area (TPSA) is 61.0 Å². The molecular formula is C10H15N3O. The standard InChI is InChI=1S/C10H15N3O/c1-2-9-12-8(11)6-10(13-9)14-7-4-3-5-7/h6-7H,2-5H2,1H3,(H2,11,12,13). The molecule has 76 valence electrons. The Bertz CT molecular complexity index is 323. The van der Waals surface area contributed by atoms with Crippen molar-refractivity contribution >= 4 is 5.82 Å². The number of aryl methyl sites for hydroxylation is 1. The zero-order valence-electron chi connectivity index (χ0n) is 8.36. The van der Waals surface area contributed by atoms with E-state index in [9.17, 15) is 0 Å². The molecule has 1 aliphatic rings. The number of aromatic nitrogens is 2. The SMILES string of the molecule is CCc1nc(N)cc(OC2CCC2)n1.